The van der Waals surface area contributed by atoms with E-state index in [1.54, 1.807) is 9.80 Å². The number of aliphatic hydroxyl groups excluding tert-OH is 2. The van der Waals surface area contributed by atoms with Gasteiger partial charge >= 0.3 is 0 Å². The van der Waals surface area contributed by atoms with E-state index < -0.39 is 11.8 Å². The second-order valence-electron chi connectivity index (χ2n) is 5.31. The molecule has 4 bridgehead atoms. The maximum atomic E-state index is 12.5. The molecule has 0 unspecified atom stereocenters. The van der Waals surface area contributed by atoms with E-state index in [2.05, 4.69) is 0 Å². The third-order valence-electron chi connectivity index (χ3n) is 4.31. The first-order valence-corrected chi connectivity index (χ1v) is 6.88. The van der Waals surface area contributed by atoms with E-state index in [1.165, 1.54) is 0 Å². The van der Waals surface area contributed by atoms with E-state index in [1.807, 2.05) is 24.3 Å². The zero-order valence-electron chi connectivity index (χ0n) is 11.1. The minimum absolute atomic E-state index is 0.0543. The molecule has 0 aromatic rings. The maximum Gasteiger partial charge on any atom is 0.232 e. The molecule has 0 radical (unpaired) electrons. The van der Waals surface area contributed by atoms with E-state index in [0.29, 0.717) is 0 Å². The number of aliphatic hydroxyl groups is 2. The van der Waals surface area contributed by atoms with Crippen molar-refractivity contribution < 1.29 is 19.8 Å². The van der Waals surface area contributed by atoms with Gasteiger partial charge in [-0.05, 0) is 0 Å². The highest BCUT2D eigenvalue weighted by Crippen LogP contribution is 2.36. The summed E-state index contributed by atoms with van der Waals surface area (Å²) in [6.07, 6.45) is 7.52. The van der Waals surface area contributed by atoms with Crippen LogP contribution < -0.4 is 0 Å². The second kappa shape index (κ2) is 5.03. The summed E-state index contributed by atoms with van der Waals surface area (Å²) < 4.78 is 0. The molecule has 0 aromatic heterocycles. The fraction of sp³-hybridized carbons (Fsp3) is 0.571. The maximum absolute atomic E-state index is 12.5. The van der Waals surface area contributed by atoms with Crippen molar-refractivity contribution in [2.75, 3.05) is 26.3 Å². The lowest BCUT2D eigenvalue weighted by molar-refractivity contribution is -0.151. The van der Waals surface area contributed by atoms with Gasteiger partial charge in [0.25, 0.3) is 0 Å². The largest absolute Gasteiger partial charge is 0.395 e. The van der Waals surface area contributed by atoms with E-state index >= 15 is 0 Å². The van der Waals surface area contributed by atoms with Crippen molar-refractivity contribution in [3.05, 3.63) is 24.3 Å². The monoisotopic (exact) mass is 278 g/mol. The van der Waals surface area contributed by atoms with Gasteiger partial charge in [-0.1, -0.05) is 24.3 Å². The van der Waals surface area contributed by atoms with E-state index in [-0.39, 0.29) is 50.2 Å². The van der Waals surface area contributed by atoms with Gasteiger partial charge in [-0.3, -0.25) is 9.59 Å². The van der Waals surface area contributed by atoms with Crippen molar-refractivity contribution in [2.45, 2.75) is 12.1 Å². The number of carbonyl (C=O) groups excluding carboxylic acids is 2. The lowest BCUT2D eigenvalue weighted by atomic mass is 9.78. The Kier molecular flexibility index (Phi) is 3.35. The lowest BCUT2D eigenvalue weighted by Gasteiger charge is -2.49. The quantitative estimate of drug-likeness (QED) is 0.630. The van der Waals surface area contributed by atoms with Crippen LogP contribution in [0.3, 0.4) is 0 Å². The van der Waals surface area contributed by atoms with Crippen molar-refractivity contribution in [1.82, 2.24) is 9.80 Å². The molecule has 20 heavy (non-hydrogen) atoms. The van der Waals surface area contributed by atoms with Crippen molar-refractivity contribution in [3.63, 3.8) is 0 Å². The van der Waals surface area contributed by atoms with Crippen molar-refractivity contribution in [3.8, 4) is 0 Å². The standard InChI is InChI=1S/C14H18N2O4/c17-7-5-15-11-3-1-9(13(15)19)12-4-2-10(11)14(20)16(12)6-8-18/h1-4,9-12,17-18H,5-8H2/t9-,10-,11-,12+/m1/s1. The number of hydrogen-bond acceptors (Lipinski definition) is 4. The van der Waals surface area contributed by atoms with Crippen molar-refractivity contribution in [1.29, 1.82) is 0 Å². The highest BCUT2D eigenvalue weighted by atomic mass is 16.3. The first-order valence-electron chi connectivity index (χ1n) is 6.88. The lowest BCUT2D eigenvalue weighted by Crippen LogP contribution is -2.63. The molecule has 4 atom stereocenters. The van der Waals surface area contributed by atoms with E-state index in [9.17, 15) is 9.59 Å². The average Bonchev–Trinajstić information content (AvgIpc) is 2.41. The van der Waals surface area contributed by atoms with Crippen molar-refractivity contribution >= 4 is 11.8 Å². The van der Waals surface area contributed by atoms with Crippen LogP contribution in [0.25, 0.3) is 0 Å². The summed E-state index contributed by atoms with van der Waals surface area (Å²) >= 11 is 0. The first kappa shape index (κ1) is 13.3. The number of rotatable bonds is 4. The molecular weight excluding hydrogens is 260 g/mol. The third-order valence-corrected chi connectivity index (χ3v) is 4.31. The number of hydrogen-bond donors (Lipinski definition) is 2. The molecule has 0 saturated carbocycles. The Labute approximate surface area is 117 Å². The zero-order chi connectivity index (χ0) is 14.3. The van der Waals surface area contributed by atoms with Gasteiger partial charge in [-0.25, -0.2) is 0 Å². The average molecular weight is 278 g/mol. The van der Waals surface area contributed by atoms with Crippen molar-refractivity contribution in [2.24, 2.45) is 11.8 Å². The van der Waals surface area contributed by atoms with E-state index in [4.69, 9.17) is 10.2 Å². The fourth-order valence-electron chi connectivity index (χ4n) is 3.40. The fourth-order valence-corrected chi connectivity index (χ4v) is 3.40. The highest BCUT2D eigenvalue weighted by Gasteiger charge is 2.48. The van der Waals surface area contributed by atoms with Gasteiger partial charge in [-0.2, -0.15) is 0 Å². The molecule has 6 heteroatoms. The Morgan fingerprint density at radius 3 is 1.55 bits per heavy atom. The molecule has 5 heterocycles. The van der Waals surface area contributed by atoms with Crippen LogP contribution in [-0.4, -0.2) is 70.2 Å². The molecule has 2 amide bonds. The van der Waals surface area contributed by atoms with Crippen LogP contribution in [0.2, 0.25) is 0 Å². The van der Waals surface area contributed by atoms with Gasteiger partial charge < -0.3 is 20.0 Å². The Morgan fingerprint density at radius 1 is 0.800 bits per heavy atom. The molecule has 108 valence electrons. The SMILES string of the molecule is O=C1[C@@H]2C=C[C@H]([C@H]3C=C[C@@H]2N(CCO)C3=O)N1CCO. The van der Waals surface area contributed by atoms with Crippen LogP contribution in [0.15, 0.2) is 24.3 Å². The smallest absolute Gasteiger partial charge is 0.232 e. The molecular formula is C14H18N2O4. The Hall–Kier alpha value is -1.66. The van der Waals surface area contributed by atoms with Crippen LogP contribution in [-0.2, 0) is 9.59 Å². The Morgan fingerprint density at radius 2 is 1.20 bits per heavy atom. The normalized spacial score (nSPS) is 34.9. The van der Waals surface area contributed by atoms with E-state index in [0.717, 1.165) is 0 Å². The second-order valence-corrected chi connectivity index (χ2v) is 5.31. The van der Waals surface area contributed by atoms with Gasteiger partial charge in [0, 0.05) is 13.1 Å². The summed E-state index contributed by atoms with van der Waals surface area (Å²) in [4.78, 5) is 28.2. The van der Waals surface area contributed by atoms with Crippen LogP contribution in [0.1, 0.15) is 0 Å². The molecule has 6 nitrogen and oxygen atoms in total. The van der Waals surface area contributed by atoms with Gasteiger partial charge in [0.1, 0.15) is 0 Å². The van der Waals surface area contributed by atoms with Crippen LogP contribution in [0.4, 0.5) is 0 Å². The minimum atomic E-state index is -0.425. The summed E-state index contributed by atoms with van der Waals surface area (Å²) in [7, 11) is 0. The third kappa shape index (κ3) is 1.79. The van der Waals surface area contributed by atoms with Crippen LogP contribution in [0.5, 0.6) is 0 Å². The molecule has 0 spiro atoms. The number of nitrogens with zero attached hydrogens (tertiary/aromatic N) is 2. The summed E-state index contributed by atoms with van der Waals surface area (Å²) in [6, 6.07) is -0.672. The molecule has 1 aliphatic carbocycles. The van der Waals surface area contributed by atoms with Gasteiger partial charge in [-0.15, -0.1) is 0 Å². The summed E-state index contributed by atoms with van der Waals surface area (Å²) in [5.74, 6) is -0.959. The first-order chi connectivity index (χ1) is 9.69. The molecule has 6 aliphatic rings. The summed E-state index contributed by atoms with van der Waals surface area (Å²) in [6.45, 7) is 0.264. The highest BCUT2D eigenvalue weighted by molar-refractivity contribution is 5.91. The molecule has 1 saturated heterocycles. The molecule has 6 rings (SSSR count). The van der Waals surface area contributed by atoms with Gasteiger partial charge in [0.05, 0.1) is 37.1 Å². The predicted molar refractivity (Wildman–Crippen MR) is 70.4 cm³/mol. The Bertz CT molecular complexity index is 444. The van der Waals surface area contributed by atoms with Gasteiger partial charge in [0.15, 0.2) is 0 Å². The summed E-state index contributed by atoms with van der Waals surface area (Å²) in [5, 5.41) is 18.3. The van der Waals surface area contributed by atoms with Crippen LogP contribution >= 0.6 is 0 Å². The predicted octanol–water partition coefficient (Wildman–Crippen LogP) is -1.25. The summed E-state index contributed by atoms with van der Waals surface area (Å²) in [5.41, 5.74) is 0. The number of carbonyl (C=O) groups is 2. The minimum Gasteiger partial charge on any atom is -0.395 e. The van der Waals surface area contributed by atoms with Gasteiger partial charge in [0.2, 0.25) is 11.8 Å². The Balaban J connectivity index is 2.02. The topological polar surface area (TPSA) is 81.1 Å². The molecule has 2 N–H and O–H groups in total. The number of amides is 2. The molecule has 5 aliphatic heterocycles. The van der Waals surface area contributed by atoms with Crippen LogP contribution in [0, 0.1) is 11.8 Å². The molecule has 0 aromatic carbocycles. The zero-order valence-corrected chi connectivity index (χ0v) is 11.1. The molecule has 1 fully saturated rings.